The molecular weight excluding hydrogens is 218 g/mol. The van der Waals surface area contributed by atoms with Crippen molar-refractivity contribution in [3.8, 4) is 0 Å². The van der Waals surface area contributed by atoms with Crippen molar-refractivity contribution in [2.75, 3.05) is 19.6 Å². The van der Waals surface area contributed by atoms with E-state index >= 15 is 0 Å². The molecule has 0 aromatic heterocycles. The summed E-state index contributed by atoms with van der Waals surface area (Å²) in [5.41, 5.74) is 5.00. The van der Waals surface area contributed by atoms with Gasteiger partial charge in [0, 0.05) is 19.4 Å². The second kappa shape index (κ2) is 8.06. The summed E-state index contributed by atoms with van der Waals surface area (Å²) in [6, 6.07) is 0. The molecule has 17 heavy (non-hydrogen) atoms. The number of piperidine rings is 1. The summed E-state index contributed by atoms with van der Waals surface area (Å²) in [4.78, 5) is 21.9. The number of rotatable bonds is 7. The van der Waals surface area contributed by atoms with E-state index in [1.807, 2.05) is 0 Å². The van der Waals surface area contributed by atoms with Crippen LogP contribution in [0.25, 0.3) is 0 Å². The summed E-state index contributed by atoms with van der Waals surface area (Å²) in [5.74, 6) is 0.426. The van der Waals surface area contributed by atoms with Crippen LogP contribution in [-0.2, 0) is 9.59 Å². The molecular formula is C12H23N3O2. The van der Waals surface area contributed by atoms with Crippen molar-refractivity contribution in [1.82, 2.24) is 10.6 Å². The van der Waals surface area contributed by atoms with E-state index in [9.17, 15) is 9.59 Å². The molecule has 98 valence electrons. The van der Waals surface area contributed by atoms with Crippen LogP contribution in [0.15, 0.2) is 0 Å². The third kappa shape index (κ3) is 6.94. The summed E-state index contributed by atoms with van der Waals surface area (Å²) >= 11 is 0. The quantitative estimate of drug-likeness (QED) is 0.593. The summed E-state index contributed by atoms with van der Waals surface area (Å²) < 4.78 is 0. The minimum Gasteiger partial charge on any atom is -0.370 e. The fourth-order valence-electron chi connectivity index (χ4n) is 2.10. The molecule has 0 aromatic carbocycles. The number of carbonyl (C=O) groups excluding carboxylic acids is 2. The lowest BCUT2D eigenvalue weighted by Crippen LogP contribution is -2.31. The lowest BCUT2D eigenvalue weighted by atomic mass is 9.95. The number of primary amides is 1. The molecule has 5 nitrogen and oxygen atoms in total. The largest absolute Gasteiger partial charge is 0.370 e. The number of hydrogen-bond donors (Lipinski definition) is 3. The van der Waals surface area contributed by atoms with Gasteiger partial charge in [0.15, 0.2) is 0 Å². The molecule has 1 aliphatic heterocycles. The van der Waals surface area contributed by atoms with Gasteiger partial charge in [-0.05, 0) is 44.7 Å². The van der Waals surface area contributed by atoms with E-state index in [1.54, 1.807) is 0 Å². The summed E-state index contributed by atoms with van der Waals surface area (Å²) in [6.45, 7) is 2.94. The predicted octanol–water partition coefficient (Wildman–Crippen LogP) is 0.148. The van der Waals surface area contributed by atoms with Gasteiger partial charge >= 0.3 is 0 Å². The average molecular weight is 241 g/mol. The van der Waals surface area contributed by atoms with E-state index in [1.165, 1.54) is 12.8 Å². The Labute approximate surface area is 103 Å². The van der Waals surface area contributed by atoms with Crippen molar-refractivity contribution in [1.29, 1.82) is 0 Å². The Morgan fingerprint density at radius 3 is 2.59 bits per heavy atom. The first kappa shape index (κ1) is 14.0. The van der Waals surface area contributed by atoms with Crippen molar-refractivity contribution in [2.45, 2.75) is 38.5 Å². The highest BCUT2D eigenvalue weighted by Gasteiger charge is 2.12. The van der Waals surface area contributed by atoms with Gasteiger partial charge in [-0.3, -0.25) is 9.59 Å². The third-order valence-corrected chi connectivity index (χ3v) is 3.16. The second-order valence-corrected chi connectivity index (χ2v) is 4.65. The van der Waals surface area contributed by atoms with E-state index in [4.69, 9.17) is 5.73 Å². The van der Waals surface area contributed by atoms with Crippen LogP contribution in [0.5, 0.6) is 0 Å². The van der Waals surface area contributed by atoms with Gasteiger partial charge in [0.25, 0.3) is 0 Å². The van der Waals surface area contributed by atoms with E-state index in [0.29, 0.717) is 19.3 Å². The van der Waals surface area contributed by atoms with Gasteiger partial charge in [-0.25, -0.2) is 0 Å². The molecule has 5 heteroatoms. The van der Waals surface area contributed by atoms with Crippen molar-refractivity contribution in [2.24, 2.45) is 11.7 Å². The summed E-state index contributed by atoms with van der Waals surface area (Å²) in [6.07, 6.45) is 4.71. The summed E-state index contributed by atoms with van der Waals surface area (Å²) in [7, 11) is 0. The van der Waals surface area contributed by atoms with Crippen molar-refractivity contribution >= 4 is 11.8 Å². The van der Waals surface area contributed by atoms with Gasteiger partial charge in [0.1, 0.15) is 0 Å². The lowest BCUT2D eigenvalue weighted by Gasteiger charge is -2.22. The molecule has 1 rings (SSSR count). The van der Waals surface area contributed by atoms with Crippen LogP contribution in [0.2, 0.25) is 0 Å². The standard InChI is InChI=1S/C12H23N3O2/c13-11(16)2-1-3-12(17)15-9-6-10-4-7-14-8-5-10/h10,14H,1-9H2,(H2,13,16)(H,15,17). The Hall–Kier alpha value is -1.10. The Kier molecular flexibility index (Phi) is 6.62. The number of hydrogen-bond acceptors (Lipinski definition) is 3. The zero-order chi connectivity index (χ0) is 12.5. The first-order valence-electron chi connectivity index (χ1n) is 6.44. The minimum atomic E-state index is -0.340. The van der Waals surface area contributed by atoms with Crippen molar-refractivity contribution in [3.05, 3.63) is 0 Å². The molecule has 0 aromatic rings. The molecule has 0 saturated carbocycles. The molecule has 1 fully saturated rings. The van der Waals surface area contributed by atoms with Crippen molar-refractivity contribution in [3.63, 3.8) is 0 Å². The minimum absolute atomic E-state index is 0.0279. The molecule has 0 aliphatic carbocycles. The zero-order valence-corrected chi connectivity index (χ0v) is 10.3. The number of nitrogens with one attached hydrogen (secondary N) is 2. The molecule has 1 saturated heterocycles. The van der Waals surface area contributed by atoms with Gasteiger partial charge < -0.3 is 16.4 Å². The highest BCUT2D eigenvalue weighted by Crippen LogP contribution is 2.14. The molecule has 0 unspecified atom stereocenters. The van der Waals surface area contributed by atoms with Crippen LogP contribution in [-0.4, -0.2) is 31.4 Å². The Bertz CT molecular complexity index is 250. The van der Waals surface area contributed by atoms with E-state index in [2.05, 4.69) is 10.6 Å². The smallest absolute Gasteiger partial charge is 0.220 e. The maximum absolute atomic E-state index is 11.4. The molecule has 0 spiro atoms. The normalized spacial score (nSPS) is 16.7. The predicted molar refractivity (Wildman–Crippen MR) is 66.3 cm³/mol. The Morgan fingerprint density at radius 1 is 1.24 bits per heavy atom. The molecule has 0 bridgehead atoms. The van der Waals surface area contributed by atoms with E-state index in [0.717, 1.165) is 32.0 Å². The molecule has 1 heterocycles. The molecule has 2 amide bonds. The number of nitrogens with two attached hydrogens (primary N) is 1. The molecule has 4 N–H and O–H groups in total. The topological polar surface area (TPSA) is 84.2 Å². The fraction of sp³-hybridized carbons (Fsp3) is 0.833. The van der Waals surface area contributed by atoms with Gasteiger partial charge in [0.2, 0.25) is 11.8 Å². The molecule has 0 atom stereocenters. The first-order valence-corrected chi connectivity index (χ1v) is 6.44. The second-order valence-electron chi connectivity index (χ2n) is 4.65. The zero-order valence-electron chi connectivity index (χ0n) is 10.3. The highest BCUT2D eigenvalue weighted by molar-refractivity contribution is 5.77. The Morgan fingerprint density at radius 2 is 1.94 bits per heavy atom. The van der Waals surface area contributed by atoms with Crippen LogP contribution in [0.4, 0.5) is 0 Å². The van der Waals surface area contributed by atoms with E-state index < -0.39 is 0 Å². The highest BCUT2D eigenvalue weighted by atomic mass is 16.2. The molecule has 0 radical (unpaired) electrons. The van der Waals surface area contributed by atoms with Gasteiger partial charge in [-0.1, -0.05) is 0 Å². The van der Waals surface area contributed by atoms with Crippen LogP contribution >= 0.6 is 0 Å². The Balaban J connectivity index is 1.97. The van der Waals surface area contributed by atoms with Crippen LogP contribution < -0.4 is 16.4 Å². The SMILES string of the molecule is NC(=O)CCCC(=O)NCCC1CCNCC1. The van der Waals surface area contributed by atoms with Crippen LogP contribution in [0.3, 0.4) is 0 Å². The average Bonchev–Trinajstić information content (AvgIpc) is 2.30. The van der Waals surface area contributed by atoms with Gasteiger partial charge in [-0.15, -0.1) is 0 Å². The monoisotopic (exact) mass is 241 g/mol. The lowest BCUT2D eigenvalue weighted by molar-refractivity contribution is -0.121. The van der Waals surface area contributed by atoms with E-state index in [-0.39, 0.29) is 11.8 Å². The number of amides is 2. The first-order chi connectivity index (χ1) is 8.18. The third-order valence-electron chi connectivity index (χ3n) is 3.16. The van der Waals surface area contributed by atoms with Crippen LogP contribution in [0, 0.1) is 5.92 Å². The number of carbonyl (C=O) groups is 2. The van der Waals surface area contributed by atoms with Gasteiger partial charge in [0.05, 0.1) is 0 Å². The maximum Gasteiger partial charge on any atom is 0.220 e. The fourth-order valence-corrected chi connectivity index (χ4v) is 2.10. The maximum atomic E-state index is 11.4. The van der Waals surface area contributed by atoms with Gasteiger partial charge in [-0.2, -0.15) is 0 Å². The summed E-state index contributed by atoms with van der Waals surface area (Å²) in [5, 5.41) is 6.21. The van der Waals surface area contributed by atoms with Crippen LogP contribution in [0.1, 0.15) is 38.5 Å². The van der Waals surface area contributed by atoms with Crippen molar-refractivity contribution < 1.29 is 9.59 Å². The molecule has 1 aliphatic rings.